The number of likely N-dealkylation sites (tertiary alicyclic amines) is 1. The molecule has 2 aromatic carbocycles. The second-order valence-corrected chi connectivity index (χ2v) is 10.5. The summed E-state index contributed by atoms with van der Waals surface area (Å²) in [7, 11) is 0. The topological polar surface area (TPSA) is 40.5 Å². The normalized spacial score (nSPS) is 25.0. The number of aliphatic hydroxyl groups excluding tert-OH is 1. The van der Waals surface area contributed by atoms with Gasteiger partial charge < -0.3 is 10.0 Å². The molecule has 3 nitrogen and oxygen atoms in total. The number of allylic oxidation sites excluding steroid dienone is 1. The predicted octanol–water partition coefficient (Wildman–Crippen LogP) is 7.43. The minimum absolute atomic E-state index is 0.00328. The first-order valence-corrected chi connectivity index (χ1v) is 12.6. The summed E-state index contributed by atoms with van der Waals surface area (Å²) in [4.78, 5) is 16.3. The molecule has 0 bridgehead atoms. The molecule has 3 rings (SSSR count). The van der Waals surface area contributed by atoms with Crippen LogP contribution in [0.4, 0.5) is 0 Å². The molecule has 0 radical (unpaired) electrons. The van der Waals surface area contributed by atoms with Gasteiger partial charge in [-0.25, -0.2) is 0 Å². The lowest BCUT2D eigenvalue weighted by Gasteiger charge is -2.53. The number of nitrogens with zero attached hydrogens (tertiary/aromatic N) is 1. The van der Waals surface area contributed by atoms with Crippen LogP contribution in [0.5, 0.6) is 0 Å². The van der Waals surface area contributed by atoms with Crippen molar-refractivity contribution in [3.63, 3.8) is 0 Å². The molecule has 1 fully saturated rings. The van der Waals surface area contributed by atoms with Crippen LogP contribution in [0.1, 0.15) is 69.5 Å². The first-order chi connectivity index (χ1) is 15.8. The lowest BCUT2D eigenvalue weighted by Crippen LogP contribution is -2.57. The number of piperidine rings is 1. The molecule has 1 aliphatic heterocycles. The van der Waals surface area contributed by atoms with Gasteiger partial charge in [0.2, 0.25) is 5.91 Å². The Morgan fingerprint density at radius 2 is 1.88 bits per heavy atom. The Labute approximate surface area is 208 Å². The molecule has 1 heterocycles. The van der Waals surface area contributed by atoms with Crippen LogP contribution in [0.25, 0.3) is 0 Å². The third-order valence-electron chi connectivity index (χ3n) is 7.20. The van der Waals surface area contributed by atoms with Crippen molar-refractivity contribution in [1.29, 1.82) is 0 Å². The van der Waals surface area contributed by atoms with E-state index in [1.807, 2.05) is 48.5 Å². The van der Waals surface area contributed by atoms with E-state index in [2.05, 4.69) is 38.3 Å². The van der Waals surface area contributed by atoms with Gasteiger partial charge in [0, 0.05) is 28.6 Å². The van der Waals surface area contributed by atoms with E-state index in [0.717, 1.165) is 17.5 Å². The molecule has 0 aliphatic carbocycles. The van der Waals surface area contributed by atoms with Crippen LogP contribution in [0.15, 0.2) is 61.2 Å². The van der Waals surface area contributed by atoms with Crippen LogP contribution in [0.3, 0.4) is 0 Å². The summed E-state index contributed by atoms with van der Waals surface area (Å²) in [6.45, 7) is 10.4. The van der Waals surface area contributed by atoms with Crippen LogP contribution in [-0.4, -0.2) is 28.6 Å². The van der Waals surface area contributed by atoms with Gasteiger partial charge in [-0.1, -0.05) is 74.3 Å². The Kier molecular flexibility index (Phi) is 8.66. The first kappa shape index (κ1) is 25.8. The molecule has 5 heteroatoms. The van der Waals surface area contributed by atoms with E-state index in [0.29, 0.717) is 29.3 Å². The Hall–Kier alpha value is -1.81. The van der Waals surface area contributed by atoms with E-state index >= 15 is 0 Å². The van der Waals surface area contributed by atoms with Gasteiger partial charge in [-0.05, 0) is 67.0 Å². The molecular weight excluding hydrogens is 453 g/mol. The molecule has 33 heavy (non-hydrogen) atoms. The monoisotopic (exact) mass is 487 g/mol. The van der Waals surface area contributed by atoms with Crippen LogP contribution >= 0.6 is 23.2 Å². The second-order valence-electron chi connectivity index (χ2n) is 9.59. The van der Waals surface area contributed by atoms with E-state index in [1.54, 1.807) is 0 Å². The molecule has 178 valence electrons. The molecule has 1 amide bonds. The summed E-state index contributed by atoms with van der Waals surface area (Å²) >= 11 is 12.6. The van der Waals surface area contributed by atoms with Gasteiger partial charge in [0.25, 0.3) is 0 Å². The lowest BCUT2D eigenvalue weighted by molar-refractivity contribution is -0.156. The van der Waals surface area contributed by atoms with E-state index < -0.39 is 5.41 Å². The summed E-state index contributed by atoms with van der Waals surface area (Å²) in [5.41, 5.74) is 1.62. The maximum atomic E-state index is 14.2. The summed E-state index contributed by atoms with van der Waals surface area (Å²) in [5.74, 6) is 0.366. The fraction of sp³-hybridized carbons (Fsp3) is 0.464. The van der Waals surface area contributed by atoms with Crippen LogP contribution in [-0.2, 0) is 4.79 Å². The Balaban J connectivity index is 2.23. The number of halogens is 2. The standard InChI is InChI=1S/C28H35Cl2NO2/c1-5-15-28(4)18-24(21-8-7-9-23(30)17-21)26(20-10-12-22(29)13-11-20)31(27(28)33)25(6-2)19(3)14-16-32/h5,7-13,17,19,24-26,32H,1,6,14-16,18H2,2-4H3/t19?,24-,25+,26-,28+/m1/s1. The largest absolute Gasteiger partial charge is 0.396 e. The molecule has 1 aliphatic rings. The number of hydrogen-bond acceptors (Lipinski definition) is 2. The van der Waals surface area contributed by atoms with Gasteiger partial charge in [0.05, 0.1) is 11.5 Å². The van der Waals surface area contributed by atoms with E-state index in [-0.39, 0.29) is 36.4 Å². The number of rotatable bonds is 9. The van der Waals surface area contributed by atoms with Crippen molar-refractivity contribution >= 4 is 29.1 Å². The number of aliphatic hydroxyl groups is 1. The Bertz CT molecular complexity index is 961. The van der Waals surface area contributed by atoms with Crippen LogP contribution in [0, 0.1) is 11.3 Å². The maximum Gasteiger partial charge on any atom is 0.229 e. The quantitative estimate of drug-likeness (QED) is 0.373. The molecule has 2 aromatic rings. The van der Waals surface area contributed by atoms with Gasteiger partial charge in [0.1, 0.15) is 0 Å². The molecule has 1 unspecified atom stereocenters. The molecule has 0 aromatic heterocycles. The summed E-state index contributed by atoms with van der Waals surface area (Å²) in [5, 5.41) is 11.0. The number of benzene rings is 2. The molecule has 1 N–H and O–H groups in total. The SMILES string of the molecule is C=CC[C@@]1(C)C[C@H](c2cccc(Cl)c2)[C@@H](c2ccc(Cl)cc2)N([C@@H](CC)C(C)CCO)C1=O. The third-order valence-corrected chi connectivity index (χ3v) is 7.69. The highest BCUT2D eigenvalue weighted by molar-refractivity contribution is 6.30. The maximum absolute atomic E-state index is 14.2. The predicted molar refractivity (Wildman–Crippen MR) is 138 cm³/mol. The van der Waals surface area contributed by atoms with Crippen molar-refractivity contribution in [1.82, 2.24) is 4.90 Å². The van der Waals surface area contributed by atoms with Crippen LogP contribution < -0.4 is 0 Å². The summed E-state index contributed by atoms with van der Waals surface area (Å²) in [6.07, 6.45) is 4.62. The van der Waals surface area contributed by atoms with Crippen molar-refractivity contribution in [2.24, 2.45) is 11.3 Å². The average molecular weight is 488 g/mol. The minimum Gasteiger partial charge on any atom is -0.396 e. The van der Waals surface area contributed by atoms with Gasteiger partial charge in [-0.2, -0.15) is 0 Å². The minimum atomic E-state index is -0.565. The average Bonchev–Trinajstić information content (AvgIpc) is 2.78. The zero-order valence-corrected chi connectivity index (χ0v) is 21.3. The van der Waals surface area contributed by atoms with Gasteiger partial charge >= 0.3 is 0 Å². The fourth-order valence-corrected chi connectivity index (χ4v) is 5.85. The second kappa shape index (κ2) is 11.1. The van der Waals surface area contributed by atoms with Gasteiger partial charge in [-0.3, -0.25) is 4.79 Å². The highest BCUT2D eigenvalue weighted by Crippen LogP contribution is 2.52. The van der Waals surface area contributed by atoms with Crippen molar-refractivity contribution in [3.05, 3.63) is 82.4 Å². The zero-order valence-electron chi connectivity index (χ0n) is 19.8. The fourth-order valence-electron chi connectivity index (χ4n) is 5.52. The van der Waals surface area contributed by atoms with Crippen molar-refractivity contribution in [2.75, 3.05) is 6.61 Å². The summed E-state index contributed by atoms with van der Waals surface area (Å²) < 4.78 is 0. The molecule has 1 saturated heterocycles. The number of hydrogen-bond donors (Lipinski definition) is 1. The molecule has 0 spiro atoms. The van der Waals surface area contributed by atoms with Gasteiger partial charge in [-0.15, -0.1) is 6.58 Å². The highest BCUT2D eigenvalue weighted by Gasteiger charge is 2.51. The number of carbonyl (C=O) groups excluding carboxylic acids is 1. The van der Waals surface area contributed by atoms with Crippen molar-refractivity contribution in [2.45, 2.75) is 64.5 Å². The molecule has 5 atom stereocenters. The van der Waals surface area contributed by atoms with Crippen LogP contribution in [0.2, 0.25) is 10.0 Å². The van der Waals surface area contributed by atoms with E-state index in [1.165, 1.54) is 0 Å². The Morgan fingerprint density at radius 3 is 2.45 bits per heavy atom. The summed E-state index contributed by atoms with van der Waals surface area (Å²) in [6, 6.07) is 15.7. The highest BCUT2D eigenvalue weighted by atomic mass is 35.5. The van der Waals surface area contributed by atoms with Crippen molar-refractivity contribution in [3.8, 4) is 0 Å². The third kappa shape index (κ3) is 5.48. The van der Waals surface area contributed by atoms with Crippen molar-refractivity contribution < 1.29 is 9.90 Å². The Morgan fingerprint density at radius 1 is 1.18 bits per heavy atom. The smallest absolute Gasteiger partial charge is 0.229 e. The number of carbonyl (C=O) groups is 1. The number of amides is 1. The van der Waals surface area contributed by atoms with E-state index in [9.17, 15) is 9.90 Å². The first-order valence-electron chi connectivity index (χ1n) is 11.8. The molecule has 0 saturated carbocycles. The molecular formula is C28H35Cl2NO2. The zero-order chi connectivity index (χ0) is 24.2. The lowest BCUT2D eigenvalue weighted by atomic mass is 9.66. The van der Waals surface area contributed by atoms with E-state index in [4.69, 9.17) is 23.2 Å². The van der Waals surface area contributed by atoms with Gasteiger partial charge in [0.15, 0.2) is 0 Å².